The second kappa shape index (κ2) is 7.67. The number of hydrogen-bond donors (Lipinski definition) is 3. The maximum absolute atomic E-state index is 13.3. The molecule has 5 aromatic rings. The molecular formula is C25H21N5O3. The van der Waals surface area contributed by atoms with Gasteiger partial charge in [-0.15, -0.1) is 0 Å². The minimum Gasteiger partial charge on any atom is -0.459 e. The summed E-state index contributed by atoms with van der Waals surface area (Å²) in [7, 11) is 0. The van der Waals surface area contributed by atoms with Gasteiger partial charge in [-0.05, 0) is 42.3 Å². The number of amides is 1. The molecular weight excluding hydrogens is 418 g/mol. The highest BCUT2D eigenvalue weighted by Gasteiger charge is 2.27. The Morgan fingerprint density at radius 3 is 2.97 bits per heavy atom. The van der Waals surface area contributed by atoms with Crippen LogP contribution in [-0.2, 0) is 19.5 Å². The van der Waals surface area contributed by atoms with E-state index < -0.39 is 0 Å². The first-order valence-electron chi connectivity index (χ1n) is 10.8. The minimum absolute atomic E-state index is 0.117. The summed E-state index contributed by atoms with van der Waals surface area (Å²) in [5, 5.41) is 4.53. The van der Waals surface area contributed by atoms with E-state index in [1.807, 2.05) is 41.3 Å². The van der Waals surface area contributed by atoms with E-state index >= 15 is 0 Å². The van der Waals surface area contributed by atoms with Gasteiger partial charge >= 0.3 is 0 Å². The Hall–Kier alpha value is -4.33. The normalized spacial score (nSPS) is 13.4. The number of carbonyl (C=O) groups is 1. The SMILES string of the molecule is O=C(c1occc1CNc1ccc2ncc(=O)[nH]c2c1)N1CCc2c([nH]c3ccccc23)C1. The molecule has 6 rings (SSSR count). The summed E-state index contributed by atoms with van der Waals surface area (Å²) in [5.74, 6) is 0.228. The van der Waals surface area contributed by atoms with Crippen LogP contribution in [0.15, 0.2) is 70.2 Å². The lowest BCUT2D eigenvalue weighted by Crippen LogP contribution is -2.36. The highest BCUT2D eigenvalue weighted by atomic mass is 16.3. The van der Waals surface area contributed by atoms with Crippen LogP contribution in [0.2, 0.25) is 0 Å². The number of aromatic nitrogens is 3. The van der Waals surface area contributed by atoms with Gasteiger partial charge in [-0.2, -0.15) is 0 Å². The van der Waals surface area contributed by atoms with Crippen LogP contribution >= 0.6 is 0 Å². The van der Waals surface area contributed by atoms with E-state index in [0.29, 0.717) is 36.4 Å². The number of rotatable bonds is 4. The van der Waals surface area contributed by atoms with Gasteiger partial charge in [0.1, 0.15) is 0 Å². The lowest BCUT2D eigenvalue weighted by molar-refractivity contribution is 0.0699. The molecule has 164 valence electrons. The van der Waals surface area contributed by atoms with Crippen molar-refractivity contribution in [2.45, 2.75) is 19.5 Å². The van der Waals surface area contributed by atoms with E-state index in [-0.39, 0.29) is 11.5 Å². The van der Waals surface area contributed by atoms with Crippen molar-refractivity contribution in [2.24, 2.45) is 0 Å². The maximum atomic E-state index is 13.3. The number of benzene rings is 2. The van der Waals surface area contributed by atoms with Gasteiger partial charge in [0.25, 0.3) is 11.5 Å². The van der Waals surface area contributed by atoms with Crippen molar-refractivity contribution in [1.82, 2.24) is 19.9 Å². The number of carbonyl (C=O) groups excluding carboxylic acids is 1. The van der Waals surface area contributed by atoms with Crippen LogP contribution in [0.4, 0.5) is 5.69 Å². The van der Waals surface area contributed by atoms with Gasteiger partial charge in [0.15, 0.2) is 5.76 Å². The van der Waals surface area contributed by atoms with Crippen molar-refractivity contribution >= 4 is 33.5 Å². The highest BCUT2D eigenvalue weighted by Crippen LogP contribution is 2.28. The highest BCUT2D eigenvalue weighted by molar-refractivity contribution is 5.94. The van der Waals surface area contributed by atoms with Gasteiger partial charge in [0.2, 0.25) is 0 Å². The van der Waals surface area contributed by atoms with E-state index in [4.69, 9.17) is 4.42 Å². The number of aromatic amines is 2. The molecule has 0 atom stereocenters. The molecule has 33 heavy (non-hydrogen) atoms. The number of hydrogen-bond acceptors (Lipinski definition) is 5. The average Bonchev–Trinajstić information content (AvgIpc) is 3.46. The number of furan rings is 1. The zero-order valence-corrected chi connectivity index (χ0v) is 17.7. The van der Waals surface area contributed by atoms with Crippen LogP contribution in [-0.4, -0.2) is 32.3 Å². The van der Waals surface area contributed by atoms with Gasteiger partial charge in [0, 0.05) is 40.9 Å². The second-order valence-corrected chi connectivity index (χ2v) is 8.21. The monoisotopic (exact) mass is 439 g/mol. The van der Waals surface area contributed by atoms with Crippen LogP contribution in [0.1, 0.15) is 27.4 Å². The summed E-state index contributed by atoms with van der Waals surface area (Å²) in [5.41, 5.74) is 6.18. The number of fused-ring (bicyclic) bond motifs is 4. The molecule has 4 heterocycles. The predicted molar refractivity (Wildman–Crippen MR) is 125 cm³/mol. The maximum Gasteiger partial charge on any atom is 0.290 e. The van der Waals surface area contributed by atoms with Gasteiger partial charge in [-0.1, -0.05) is 18.2 Å². The fraction of sp³-hybridized carbons (Fsp3) is 0.160. The first kappa shape index (κ1) is 19.4. The molecule has 1 aliphatic rings. The molecule has 8 nitrogen and oxygen atoms in total. The predicted octanol–water partition coefficient (Wildman–Crippen LogP) is 3.81. The summed E-state index contributed by atoms with van der Waals surface area (Å²) < 4.78 is 5.60. The lowest BCUT2D eigenvalue weighted by atomic mass is 10.0. The number of H-pyrrole nitrogens is 2. The summed E-state index contributed by atoms with van der Waals surface area (Å²) in [6, 6.07) is 15.6. The Kier molecular flexibility index (Phi) is 4.50. The van der Waals surface area contributed by atoms with Crippen molar-refractivity contribution < 1.29 is 9.21 Å². The summed E-state index contributed by atoms with van der Waals surface area (Å²) >= 11 is 0. The lowest BCUT2D eigenvalue weighted by Gasteiger charge is -2.26. The topological polar surface area (TPSA) is 107 Å². The standard InChI is InChI=1S/C25H21N5O3/c31-23-13-27-20-6-5-16(11-21(20)29-23)26-12-15-8-10-33-24(15)25(32)30-9-7-18-17-3-1-2-4-19(17)28-22(18)14-30/h1-6,8,10-11,13,26,28H,7,9,12,14H2,(H,29,31). The number of nitrogens with one attached hydrogen (secondary N) is 3. The van der Waals surface area contributed by atoms with Crippen LogP contribution in [0.5, 0.6) is 0 Å². The Labute approximate surface area is 188 Å². The van der Waals surface area contributed by atoms with Crippen LogP contribution < -0.4 is 10.9 Å². The van der Waals surface area contributed by atoms with Crippen molar-refractivity contribution in [3.8, 4) is 0 Å². The van der Waals surface area contributed by atoms with Gasteiger partial charge in [-0.25, -0.2) is 4.98 Å². The van der Waals surface area contributed by atoms with E-state index in [0.717, 1.165) is 28.9 Å². The van der Waals surface area contributed by atoms with Crippen molar-refractivity contribution in [1.29, 1.82) is 0 Å². The molecule has 3 aromatic heterocycles. The summed E-state index contributed by atoms with van der Waals surface area (Å²) in [6.45, 7) is 1.59. The molecule has 0 saturated carbocycles. The third-order valence-electron chi connectivity index (χ3n) is 6.17. The Balaban J connectivity index is 1.20. The molecule has 2 aromatic carbocycles. The fourth-order valence-electron chi connectivity index (χ4n) is 4.52. The minimum atomic E-state index is -0.248. The molecule has 0 unspecified atom stereocenters. The molecule has 3 N–H and O–H groups in total. The van der Waals surface area contributed by atoms with E-state index in [2.05, 4.69) is 32.4 Å². The van der Waals surface area contributed by atoms with Crippen LogP contribution in [0.25, 0.3) is 21.9 Å². The average molecular weight is 439 g/mol. The quantitative estimate of drug-likeness (QED) is 0.395. The largest absolute Gasteiger partial charge is 0.459 e. The van der Waals surface area contributed by atoms with Crippen molar-refractivity contribution in [3.63, 3.8) is 0 Å². The molecule has 1 amide bonds. The van der Waals surface area contributed by atoms with Crippen molar-refractivity contribution in [3.05, 3.63) is 93.9 Å². The number of nitrogens with zero attached hydrogens (tertiary/aromatic N) is 2. The van der Waals surface area contributed by atoms with Crippen LogP contribution in [0, 0.1) is 0 Å². The molecule has 0 spiro atoms. The zero-order valence-electron chi connectivity index (χ0n) is 17.7. The van der Waals surface area contributed by atoms with Crippen LogP contribution in [0.3, 0.4) is 0 Å². The third-order valence-corrected chi connectivity index (χ3v) is 6.17. The molecule has 8 heteroatoms. The Morgan fingerprint density at radius 1 is 1.12 bits per heavy atom. The first-order valence-corrected chi connectivity index (χ1v) is 10.8. The Morgan fingerprint density at radius 2 is 2.03 bits per heavy atom. The van der Waals surface area contributed by atoms with E-state index in [1.54, 1.807) is 6.26 Å². The molecule has 1 aliphatic heterocycles. The third kappa shape index (κ3) is 3.45. The fourth-order valence-corrected chi connectivity index (χ4v) is 4.52. The van der Waals surface area contributed by atoms with E-state index in [1.165, 1.54) is 17.1 Å². The first-order chi connectivity index (χ1) is 16.2. The molecule has 0 saturated heterocycles. The summed E-state index contributed by atoms with van der Waals surface area (Å²) in [4.78, 5) is 37.0. The molecule has 0 fully saturated rings. The van der Waals surface area contributed by atoms with Crippen molar-refractivity contribution in [2.75, 3.05) is 11.9 Å². The Bertz CT molecular complexity index is 1560. The van der Waals surface area contributed by atoms with E-state index in [9.17, 15) is 9.59 Å². The zero-order chi connectivity index (χ0) is 22.4. The number of para-hydroxylation sites is 1. The molecule has 0 bridgehead atoms. The second-order valence-electron chi connectivity index (χ2n) is 8.21. The smallest absolute Gasteiger partial charge is 0.290 e. The number of anilines is 1. The molecule has 0 aliphatic carbocycles. The summed E-state index contributed by atoms with van der Waals surface area (Å²) in [6.07, 6.45) is 3.62. The van der Waals surface area contributed by atoms with Gasteiger partial charge < -0.3 is 24.6 Å². The van der Waals surface area contributed by atoms with Gasteiger partial charge in [-0.3, -0.25) is 9.59 Å². The van der Waals surface area contributed by atoms with Gasteiger partial charge in [0.05, 0.1) is 30.0 Å². The molecule has 0 radical (unpaired) electrons.